The van der Waals surface area contributed by atoms with Gasteiger partial charge in [0, 0.05) is 25.3 Å². The van der Waals surface area contributed by atoms with Crippen LogP contribution in [0.1, 0.15) is 45.4 Å². The number of rotatable bonds is 3. The van der Waals surface area contributed by atoms with Crippen molar-refractivity contribution in [3.63, 3.8) is 0 Å². The average Bonchev–Trinajstić information content (AvgIpc) is 2.72. The first-order chi connectivity index (χ1) is 6.86. The van der Waals surface area contributed by atoms with Gasteiger partial charge in [0.15, 0.2) is 0 Å². The number of ether oxygens (including phenoxy) is 1. The van der Waals surface area contributed by atoms with Crippen LogP contribution in [0, 0.1) is 5.92 Å². The van der Waals surface area contributed by atoms with Crippen molar-refractivity contribution in [2.75, 3.05) is 13.2 Å². The molecule has 0 radical (unpaired) electrons. The molecule has 82 valence electrons. The number of hydrogen-bond donors (Lipinski definition) is 1. The Morgan fingerprint density at radius 1 is 1.07 bits per heavy atom. The highest BCUT2D eigenvalue weighted by Gasteiger charge is 2.24. The SMILES string of the molecule is C[C@@H](NC1CCOCC1)C1CCCC1. The summed E-state index contributed by atoms with van der Waals surface area (Å²) in [5.74, 6) is 0.942. The van der Waals surface area contributed by atoms with E-state index in [9.17, 15) is 0 Å². The molecule has 0 aromatic carbocycles. The fraction of sp³-hybridized carbons (Fsp3) is 1.00. The Balaban J connectivity index is 1.72. The van der Waals surface area contributed by atoms with Gasteiger partial charge in [-0.25, -0.2) is 0 Å². The lowest BCUT2D eigenvalue weighted by Crippen LogP contribution is -2.43. The van der Waals surface area contributed by atoms with Gasteiger partial charge in [-0.2, -0.15) is 0 Å². The van der Waals surface area contributed by atoms with E-state index in [1.807, 2.05) is 0 Å². The molecule has 0 amide bonds. The molecular formula is C12H23NO. The van der Waals surface area contributed by atoms with E-state index in [2.05, 4.69) is 12.2 Å². The van der Waals surface area contributed by atoms with Crippen LogP contribution in [0.2, 0.25) is 0 Å². The van der Waals surface area contributed by atoms with Gasteiger partial charge in [-0.1, -0.05) is 12.8 Å². The summed E-state index contributed by atoms with van der Waals surface area (Å²) < 4.78 is 5.37. The molecule has 14 heavy (non-hydrogen) atoms. The maximum atomic E-state index is 5.37. The molecule has 1 atom stereocenters. The summed E-state index contributed by atoms with van der Waals surface area (Å²) in [5, 5.41) is 3.78. The van der Waals surface area contributed by atoms with E-state index in [-0.39, 0.29) is 0 Å². The summed E-state index contributed by atoms with van der Waals surface area (Å²) in [6, 6.07) is 1.44. The maximum Gasteiger partial charge on any atom is 0.0480 e. The lowest BCUT2D eigenvalue weighted by Gasteiger charge is -2.29. The van der Waals surface area contributed by atoms with E-state index in [4.69, 9.17) is 4.74 Å². The van der Waals surface area contributed by atoms with Crippen LogP contribution in [-0.2, 0) is 4.74 Å². The molecule has 0 unspecified atom stereocenters. The largest absolute Gasteiger partial charge is 0.381 e. The Morgan fingerprint density at radius 2 is 1.71 bits per heavy atom. The number of hydrogen-bond acceptors (Lipinski definition) is 2. The lowest BCUT2D eigenvalue weighted by atomic mass is 9.97. The normalized spacial score (nSPS) is 28.1. The van der Waals surface area contributed by atoms with Gasteiger partial charge in [-0.05, 0) is 38.5 Å². The minimum absolute atomic E-state index is 0.722. The molecule has 2 aliphatic rings. The van der Waals surface area contributed by atoms with Gasteiger partial charge >= 0.3 is 0 Å². The summed E-state index contributed by atoms with van der Waals surface area (Å²) in [6.07, 6.45) is 8.19. The zero-order valence-electron chi connectivity index (χ0n) is 9.30. The molecule has 2 rings (SSSR count). The lowest BCUT2D eigenvalue weighted by molar-refractivity contribution is 0.0731. The van der Waals surface area contributed by atoms with Crippen LogP contribution in [0.4, 0.5) is 0 Å². The third-order valence-corrected chi connectivity index (χ3v) is 3.83. The van der Waals surface area contributed by atoms with E-state index in [1.54, 1.807) is 0 Å². The highest BCUT2D eigenvalue weighted by atomic mass is 16.5. The molecule has 1 aliphatic heterocycles. The monoisotopic (exact) mass is 197 g/mol. The number of nitrogens with one attached hydrogen (secondary N) is 1. The van der Waals surface area contributed by atoms with Crippen molar-refractivity contribution in [2.45, 2.75) is 57.5 Å². The average molecular weight is 197 g/mol. The van der Waals surface area contributed by atoms with Crippen molar-refractivity contribution in [1.29, 1.82) is 0 Å². The van der Waals surface area contributed by atoms with Crippen LogP contribution in [0.25, 0.3) is 0 Å². The minimum atomic E-state index is 0.722. The first kappa shape index (κ1) is 10.4. The molecule has 1 N–H and O–H groups in total. The predicted molar refractivity (Wildman–Crippen MR) is 58.4 cm³/mol. The van der Waals surface area contributed by atoms with Gasteiger partial charge in [0.05, 0.1) is 0 Å². The smallest absolute Gasteiger partial charge is 0.0480 e. The first-order valence-corrected chi connectivity index (χ1v) is 6.20. The van der Waals surface area contributed by atoms with E-state index in [0.717, 1.165) is 31.2 Å². The maximum absolute atomic E-state index is 5.37. The highest BCUT2D eigenvalue weighted by Crippen LogP contribution is 2.28. The van der Waals surface area contributed by atoms with Gasteiger partial charge in [0.25, 0.3) is 0 Å². The van der Waals surface area contributed by atoms with E-state index >= 15 is 0 Å². The van der Waals surface area contributed by atoms with Gasteiger partial charge in [0.1, 0.15) is 0 Å². The Morgan fingerprint density at radius 3 is 2.36 bits per heavy atom. The molecule has 1 saturated heterocycles. The molecule has 0 bridgehead atoms. The zero-order valence-corrected chi connectivity index (χ0v) is 9.30. The molecular weight excluding hydrogens is 174 g/mol. The Hall–Kier alpha value is -0.0800. The standard InChI is InChI=1S/C12H23NO/c1-10(11-4-2-3-5-11)13-12-6-8-14-9-7-12/h10-13H,2-9H2,1H3/t10-/m1/s1. The minimum Gasteiger partial charge on any atom is -0.381 e. The van der Waals surface area contributed by atoms with Gasteiger partial charge in [-0.3, -0.25) is 0 Å². The third-order valence-electron chi connectivity index (χ3n) is 3.83. The molecule has 1 saturated carbocycles. The van der Waals surface area contributed by atoms with Crippen molar-refractivity contribution in [3.8, 4) is 0 Å². The fourth-order valence-corrected chi connectivity index (χ4v) is 2.83. The van der Waals surface area contributed by atoms with Crippen molar-refractivity contribution >= 4 is 0 Å². The predicted octanol–water partition coefficient (Wildman–Crippen LogP) is 2.33. The second-order valence-corrected chi connectivity index (χ2v) is 4.89. The summed E-state index contributed by atoms with van der Waals surface area (Å²) in [6.45, 7) is 4.27. The van der Waals surface area contributed by atoms with Gasteiger partial charge in [-0.15, -0.1) is 0 Å². The summed E-state index contributed by atoms with van der Waals surface area (Å²) in [7, 11) is 0. The Bertz CT molecular complexity index is 160. The third kappa shape index (κ3) is 2.71. The second-order valence-electron chi connectivity index (χ2n) is 4.89. The molecule has 0 spiro atoms. The quantitative estimate of drug-likeness (QED) is 0.750. The highest BCUT2D eigenvalue weighted by molar-refractivity contribution is 4.81. The topological polar surface area (TPSA) is 21.3 Å². The van der Waals surface area contributed by atoms with Crippen LogP contribution >= 0.6 is 0 Å². The fourth-order valence-electron chi connectivity index (χ4n) is 2.83. The van der Waals surface area contributed by atoms with Crippen molar-refractivity contribution < 1.29 is 4.74 Å². The summed E-state index contributed by atoms with van der Waals surface area (Å²) in [4.78, 5) is 0. The van der Waals surface area contributed by atoms with Crippen molar-refractivity contribution in [2.24, 2.45) is 5.92 Å². The van der Waals surface area contributed by atoms with Crippen molar-refractivity contribution in [1.82, 2.24) is 5.32 Å². The molecule has 2 nitrogen and oxygen atoms in total. The van der Waals surface area contributed by atoms with Gasteiger partial charge < -0.3 is 10.1 Å². The van der Waals surface area contributed by atoms with E-state index in [0.29, 0.717) is 0 Å². The van der Waals surface area contributed by atoms with E-state index < -0.39 is 0 Å². The molecule has 1 aliphatic carbocycles. The first-order valence-electron chi connectivity index (χ1n) is 6.20. The van der Waals surface area contributed by atoms with Crippen LogP contribution in [0.3, 0.4) is 0 Å². The Kier molecular flexibility index (Phi) is 3.82. The Labute approximate surface area is 87.4 Å². The summed E-state index contributed by atoms with van der Waals surface area (Å²) >= 11 is 0. The van der Waals surface area contributed by atoms with Crippen LogP contribution in [0.15, 0.2) is 0 Å². The van der Waals surface area contributed by atoms with Crippen LogP contribution in [0.5, 0.6) is 0 Å². The van der Waals surface area contributed by atoms with Crippen molar-refractivity contribution in [3.05, 3.63) is 0 Å². The second kappa shape index (κ2) is 5.13. The van der Waals surface area contributed by atoms with E-state index in [1.165, 1.54) is 38.5 Å². The van der Waals surface area contributed by atoms with Crippen LogP contribution in [-0.4, -0.2) is 25.3 Å². The molecule has 2 heteroatoms. The van der Waals surface area contributed by atoms with Gasteiger partial charge in [0.2, 0.25) is 0 Å². The molecule has 1 heterocycles. The molecule has 0 aromatic heterocycles. The van der Waals surface area contributed by atoms with Crippen LogP contribution < -0.4 is 5.32 Å². The summed E-state index contributed by atoms with van der Waals surface area (Å²) in [5.41, 5.74) is 0. The molecule has 2 fully saturated rings. The molecule has 0 aromatic rings. The zero-order chi connectivity index (χ0) is 9.80.